The van der Waals surface area contributed by atoms with Crippen LogP contribution in [0.2, 0.25) is 5.02 Å². The van der Waals surface area contributed by atoms with Crippen molar-refractivity contribution in [3.63, 3.8) is 0 Å². The molecule has 0 atom stereocenters. The molecule has 0 bridgehead atoms. The van der Waals surface area contributed by atoms with E-state index >= 15 is 0 Å². The van der Waals surface area contributed by atoms with Crippen molar-refractivity contribution in [1.82, 2.24) is 0 Å². The van der Waals surface area contributed by atoms with Gasteiger partial charge in [-0.15, -0.1) is 0 Å². The van der Waals surface area contributed by atoms with Crippen LogP contribution in [-0.2, 0) is 6.61 Å². The third kappa shape index (κ3) is 5.11. The van der Waals surface area contributed by atoms with Gasteiger partial charge >= 0.3 is 0 Å². The Bertz CT molecular complexity index is 1090. The van der Waals surface area contributed by atoms with Gasteiger partial charge in [0.25, 0.3) is 0 Å². The number of hydrogen-bond donors (Lipinski definition) is 0. The van der Waals surface area contributed by atoms with Gasteiger partial charge in [-0.25, -0.2) is 4.39 Å². The van der Waals surface area contributed by atoms with Gasteiger partial charge < -0.3 is 14.2 Å². The summed E-state index contributed by atoms with van der Waals surface area (Å²) in [6.45, 7) is 0.209. The van der Waals surface area contributed by atoms with Crippen LogP contribution in [0.25, 0.3) is 11.6 Å². The lowest BCUT2D eigenvalue weighted by Crippen LogP contribution is -1.99. The maximum absolute atomic E-state index is 13.1. The van der Waals surface area contributed by atoms with Crippen LogP contribution in [-0.4, -0.2) is 14.2 Å². The lowest BCUT2D eigenvalue weighted by molar-refractivity contribution is 0.284. The summed E-state index contributed by atoms with van der Waals surface area (Å²) in [6.07, 6.45) is 1.72. The van der Waals surface area contributed by atoms with Crippen molar-refractivity contribution >= 4 is 23.3 Å². The summed E-state index contributed by atoms with van der Waals surface area (Å²) in [5.74, 6) is 1.21. The number of halogens is 2. The molecule has 0 aliphatic rings. The van der Waals surface area contributed by atoms with E-state index < -0.39 is 0 Å². The fourth-order valence-electron chi connectivity index (χ4n) is 2.82. The molecule has 0 aliphatic heterocycles. The molecule has 0 N–H and O–H groups in total. The van der Waals surface area contributed by atoms with E-state index in [0.29, 0.717) is 33.4 Å². The van der Waals surface area contributed by atoms with Crippen LogP contribution < -0.4 is 14.2 Å². The summed E-state index contributed by atoms with van der Waals surface area (Å²) in [5.41, 5.74) is 2.71. The Hall–Kier alpha value is -3.49. The summed E-state index contributed by atoms with van der Waals surface area (Å²) in [5, 5.41) is 9.92. The molecule has 0 unspecified atom stereocenters. The van der Waals surface area contributed by atoms with Gasteiger partial charge in [0.2, 0.25) is 0 Å². The van der Waals surface area contributed by atoms with E-state index in [1.165, 1.54) is 19.2 Å². The first-order valence-corrected chi connectivity index (χ1v) is 9.43. The zero-order valence-electron chi connectivity index (χ0n) is 16.5. The smallest absolute Gasteiger partial charge is 0.180 e. The molecule has 30 heavy (non-hydrogen) atoms. The van der Waals surface area contributed by atoms with Gasteiger partial charge in [0.15, 0.2) is 11.5 Å². The number of methoxy groups -OCH3 is 2. The molecule has 3 aromatic carbocycles. The molecule has 3 aromatic rings. The first-order valence-electron chi connectivity index (χ1n) is 9.05. The third-order valence-electron chi connectivity index (χ3n) is 4.38. The molecule has 0 aliphatic carbocycles. The summed E-state index contributed by atoms with van der Waals surface area (Å²) >= 11 is 6.42. The molecule has 0 aromatic heterocycles. The van der Waals surface area contributed by atoms with Crippen LogP contribution in [0, 0.1) is 17.1 Å². The number of nitrogens with zero attached hydrogens (tertiary/aromatic N) is 1. The van der Waals surface area contributed by atoms with Crippen molar-refractivity contribution in [1.29, 1.82) is 5.26 Å². The average molecular weight is 424 g/mol. The number of nitriles is 1. The minimum Gasteiger partial charge on any atom is -0.497 e. The topological polar surface area (TPSA) is 51.5 Å². The zero-order chi connectivity index (χ0) is 21.5. The maximum atomic E-state index is 13.1. The molecular formula is C24H19ClFNO3. The lowest BCUT2D eigenvalue weighted by atomic mass is 10.0. The molecule has 0 amide bonds. The summed E-state index contributed by atoms with van der Waals surface area (Å²) in [6, 6.07) is 18.9. The minimum absolute atomic E-state index is 0.209. The van der Waals surface area contributed by atoms with Crippen molar-refractivity contribution in [2.75, 3.05) is 14.2 Å². The number of hydrogen-bond acceptors (Lipinski definition) is 4. The number of benzene rings is 3. The molecule has 0 radical (unpaired) electrons. The molecule has 4 nitrogen and oxygen atoms in total. The molecule has 0 spiro atoms. The first kappa shape index (κ1) is 21.2. The zero-order valence-corrected chi connectivity index (χ0v) is 17.2. The Morgan fingerprint density at radius 3 is 2.33 bits per heavy atom. The maximum Gasteiger partial charge on any atom is 0.180 e. The fourth-order valence-corrected chi connectivity index (χ4v) is 3.09. The van der Waals surface area contributed by atoms with Crippen molar-refractivity contribution in [3.8, 4) is 23.3 Å². The highest BCUT2D eigenvalue weighted by Gasteiger charge is 2.13. The predicted molar refractivity (Wildman–Crippen MR) is 115 cm³/mol. The molecule has 6 heteroatoms. The number of rotatable bonds is 7. The van der Waals surface area contributed by atoms with Gasteiger partial charge in [0.1, 0.15) is 18.2 Å². The highest BCUT2D eigenvalue weighted by molar-refractivity contribution is 6.32. The lowest BCUT2D eigenvalue weighted by Gasteiger charge is -2.14. The number of allylic oxidation sites excluding steroid dienone is 1. The van der Waals surface area contributed by atoms with Crippen molar-refractivity contribution in [3.05, 3.63) is 88.2 Å². The van der Waals surface area contributed by atoms with Gasteiger partial charge in [-0.2, -0.15) is 5.26 Å². The molecule has 3 rings (SSSR count). The Morgan fingerprint density at radius 1 is 1.03 bits per heavy atom. The normalized spacial score (nSPS) is 11.0. The second-order valence-electron chi connectivity index (χ2n) is 6.35. The Kier molecular flexibility index (Phi) is 6.95. The molecule has 0 fully saturated rings. The van der Waals surface area contributed by atoms with Crippen LogP contribution in [0.4, 0.5) is 4.39 Å². The van der Waals surface area contributed by atoms with Crippen LogP contribution >= 0.6 is 11.6 Å². The van der Waals surface area contributed by atoms with E-state index in [2.05, 4.69) is 6.07 Å². The van der Waals surface area contributed by atoms with Gasteiger partial charge in [-0.1, -0.05) is 23.7 Å². The van der Waals surface area contributed by atoms with Crippen LogP contribution in [0.1, 0.15) is 16.7 Å². The van der Waals surface area contributed by atoms with Gasteiger partial charge in [-0.05, 0) is 71.3 Å². The second kappa shape index (κ2) is 9.82. The Labute approximate surface area is 179 Å². The van der Waals surface area contributed by atoms with E-state index in [1.54, 1.807) is 49.6 Å². The quantitative estimate of drug-likeness (QED) is 0.338. The highest BCUT2D eigenvalue weighted by Crippen LogP contribution is 2.38. The fraction of sp³-hybridized carbons (Fsp3) is 0.125. The minimum atomic E-state index is -0.310. The first-order chi connectivity index (χ1) is 14.5. The van der Waals surface area contributed by atoms with Crippen molar-refractivity contribution in [2.24, 2.45) is 0 Å². The SMILES string of the molecule is COc1ccc(/C(C#N)=C/c2cc(Cl)c(OCc3ccc(F)cc3)c(OC)c2)cc1. The molecule has 152 valence electrons. The molecule has 0 heterocycles. The van der Waals surface area contributed by atoms with Crippen LogP contribution in [0.15, 0.2) is 60.7 Å². The van der Waals surface area contributed by atoms with E-state index in [1.807, 2.05) is 12.1 Å². The number of ether oxygens (including phenoxy) is 3. The standard InChI is InChI=1S/C24H19ClFNO3/c1-28-21-9-5-18(6-10-21)19(14-27)11-17-12-22(25)24(23(13-17)29-2)30-15-16-3-7-20(26)8-4-16/h3-13H,15H2,1-2H3/b19-11+. The van der Waals surface area contributed by atoms with Gasteiger partial charge in [0, 0.05) is 0 Å². The van der Waals surface area contributed by atoms with Gasteiger partial charge in [-0.3, -0.25) is 0 Å². The summed E-state index contributed by atoms with van der Waals surface area (Å²) < 4.78 is 29.4. The van der Waals surface area contributed by atoms with E-state index in [9.17, 15) is 9.65 Å². The molecular weight excluding hydrogens is 405 g/mol. The third-order valence-corrected chi connectivity index (χ3v) is 4.66. The van der Waals surface area contributed by atoms with E-state index in [4.69, 9.17) is 25.8 Å². The summed E-state index contributed by atoms with van der Waals surface area (Å²) in [7, 11) is 3.10. The molecule has 0 saturated heterocycles. The Morgan fingerprint density at radius 2 is 1.73 bits per heavy atom. The monoisotopic (exact) mass is 423 g/mol. The van der Waals surface area contributed by atoms with E-state index in [-0.39, 0.29) is 12.4 Å². The largest absolute Gasteiger partial charge is 0.497 e. The predicted octanol–water partition coefficient (Wildman–Crippen LogP) is 6.14. The van der Waals surface area contributed by atoms with Gasteiger partial charge in [0.05, 0.1) is 30.9 Å². The Balaban J connectivity index is 1.87. The molecule has 0 saturated carbocycles. The van der Waals surface area contributed by atoms with Crippen LogP contribution in [0.3, 0.4) is 0 Å². The second-order valence-corrected chi connectivity index (χ2v) is 6.75. The average Bonchev–Trinajstić information content (AvgIpc) is 2.77. The summed E-state index contributed by atoms with van der Waals surface area (Å²) in [4.78, 5) is 0. The van der Waals surface area contributed by atoms with Crippen molar-refractivity contribution < 1.29 is 18.6 Å². The van der Waals surface area contributed by atoms with Crippen molar-refractivity contribution in [2.45, 2.75) is 6.61 Å². The van der Waals surface area contributed by atoms with E-state index in [0.717, 1.165) is 11.1 Å². The highest BCUT2D eigenvalue weighted by atomic mass is 35.5. The van der Waals surface area contributed by atoms with Crippen LogP contribution in [0.5, 0.6) is 17.2 Å².